The predicted octanol–water partition coefficient (Wildman–Crippen LogP) is 4.00. The molecule has 0 aromatic heterocycles. The highest BCUT2D eigenvalue weighted by Crippen LogP contribution is 2.50. The number of methoxy groups -OCH3 is 4. The Morgan fingerprint density at radius 3 is 2.18 bits per heavy atom. The zero-order valence-corrected chi connectivity index (χ0v) is 27.1. The maximum absolute atomic E-state index is 13.8. The number of esters is 1. The molecule has 11 nitrogen and oxygen atoms in total. The van der Waals surface area contributed by atoms with Crippen molar-refractivity contribution in [3.63, 3.8) is 0 Å². The molecule has 2 aromatic carbocycles. The van der Waals surface area contributed by atoms with Crippen molar-refractivity contribution >= 4 is 23.5 Å². The van der Waals surface area contributed by atoms with Gasteiger partial charge in [0.05, 0.1) is 40.2 Å². The van der Waals surface area contributed by atoms with Crippen LogP contribution in [0.4, 0.5) is 5.69 Å². The molecule has 0 aliphatic heterocycles. The summed E-state index contributed by atoms with van der Waals surface area (Å²) >= 11 is 0. The van der Waals surface area contributed by atoms with Crippen LogP contribution in [0.1, 0.15) is 64.6 Å². The summed E-state index contributed by atoms with van der Waals surface area (Å²) in [7, 11) is 5.89. The molecule has 3 atom stereocenters. The Hall–Kier alpha value is -4.28. The van der Waals surface area contributed by atoms with Crippen LogP contribution in [0.25, 0.3) is 11.1 Å². The summed E-state index contributed by atoms with van der Waals surface area (Å²) in [4.78, 5) is 51.9. The van der Waals surface area contributed by atoms with Crippen LogP contribution in [-0.4, -0.2) is 58.3 Å². The number of hydrogen-bond donors (Lipinski definition) is 3. The van der Waals surface area contributed by atoms with Crippen molar-refractivity contribution in [2.75, 3.05) is 33.8 Å². The van der Waals surface area contributed by atoms with Gasteiger partial charge in [0, 0.05) is 12.5 Å². The summed E-state index contributed by atoms with van der Waals surface area (Å²) in [6.45, 7) is 9.00. The Morgan fingerprint density at radius 1 is 0.955 bits per heavy atom. The molecular formula is C33H45N3O8. The number of amides is 2. The van der Waals surface area contributed by atoms with Gasteiger partial charge in [-0.15, -0.1) is 0 Å². The number of rotatable bonds is 12. The van der Waals surface area contributed by atoms with E-state index in [1.807, 2.05) is 33.8 Å². The van der Waals surface area contributed by atoms with Gasteiger partial charge < -0.3 is 34.9 Å². The molecule has 0 spiro atoms. The molecule has 0 saturated carbocycles. The first-order chi connectivity index (χ1) is 20.9. The number of fused-ring (bicyclic) bond motifs is 3. The van der Waals surface area contributed by atoms with E-state index >= 15 is 0 Å². The Morgan fingerprint density at radius 2 is 1.64 bits per heavy atom. The molecule has 0 radical (unpaired) electrons. The standard InChI is InChI=1S/C33H45N3O8/c1-17(2)14-25(32(39)36-29(18(3)4)33(40)44-9)35-24-13-11-21-22(16-26(24)38)23(34-19(5)37)12-10-20-15-27(41-6)30(42-7)31(43-8)28(20)21/h11,13,15-18,23,25,29H,10,12,14H2,1-9H3,(H,34,37)(H,35,38)(H,36,39)/t23-,25-,29-/m0/s1. The largest absolute Gasteiger partial charge is 0.493 e. The Labute approximate surface area is 259 Å². The van der Waals surface area contributed by atoms with E-state index in [-0.39, 0.29) is 28.9 Å². The molecule has 1 aliphatic carbocycles. The van der Waals surface area contributed by atoms with Crippen molar-refractivity contribution in [3.8, 4) is 28.4 Å². The van der Waals surface area contributed by atoms with Gasteiger partial charge in [0.15, 0.2) is 11.5 Å². The second-order valence-electron chi connectivity index (χ2n) is 11.7. The van der Waals surface area contributed by atoms with Crippen LogP contribution in [0.15, 0.2) is 29.1 Å². The molecule has 0 heterocycles. The molecule has 1 aliphatic rings. The lowest BCUT2D eigenvalue weighted by molar-refractivity contribution is -0.146. The van der Waals surface area contributed by atoms with Crippen LogP contribution in [0.3, 0.4) is 0 Å². The fraction of sp³-hybridized carbons (Fsp3) is 0.515. The van der Waals surface area contributed by atoms with E-state index in [0.717, 1.165) is 11.1 Å². The fourth-order valence-electron chi connectivity index (χ4n) is 5.60. The Kier molecular flexibility index (Phi) is 11.6. The van der Waals surface area contributed by atoms with Gasteiger partial charge in [-0.2, -0.15) is 0 Å². The van der Waals surface area contributed by atoms with Crippen LogP contribution < -0.4 is 35.6 Å². The van der Waals surface area contributed by atoms with Gasteiger partial charge in [-0.05, 0) is 66.0 Å². The average molecular weight is 612 g/mol. The molecular weight excluding hydrogens is 566 g/mol. The van der Waals surface area contributed by atoms with Crippen LogP contribution >= 0.6 is 0 Å². The molecule has 0 bridgehead atoms. The summed E-state index contributed by atoms with van der Waals surface area (Å²) < 4.78 is 22.0. The van der Waals surface area contributed by atoms with Crippen LogP contribution in [0.2, 0.25) is 0 Å². The summed E-state index contributed by atoms with van der Waals surface area (Å²) in [6.07, 6.45) is 1.49. The van der Waals surface area contributed by atoms with Crippen LogP contribution in [-0.2, 0) is 25.5 Å². The van der Waals surface area contributed by atoms with E-state index in [1.54, 1.807) is 19.2 Å². The summed E-state index contributed by atoms with van der Waals surface area (Å²) in [5, 5.41) is 8.94. The van der Waals surface area contributed by atoms with E-state index in [1.165, 1.54) is 34.3 Å². The number of nitrogens with one attached hydrogen (secondary N) is 3. The predicted molar refractivity (Wildman–Crippen MR) is 168 cm³/mol. The number of ether oxygens (including phenoxy) is 4. The van der Waals surface area contributed by atoms with Gasteiger partial charge >= 0.3 is 5.97 Å². The number of anilines is 1. The zero-order chi connectivity index (χ0) is 32.7. The van der Waals surface area contributed by atoms with Crippen molar-refractivity contribution in [1.82, 2.24) is 10.6 Å². The van der Waals surface area contributed by atoms with Crippen molar-refractivity contribution in [1.29, 1.82) is 0 Å². The third-order valence-electron chi connectivity index (χ3n) is 7.69. The molecule has 3 rings (SSSR count). The number of benzene rings is 1. The summed E-state index contributed by atoms with van der Waals surface area (Å²) in [5.74, 6) is 0.0519. The quantitative estimate of drug-likeness (QED) is 0.304. The minimum atomic E-state index is -0.840. The smallest absolute Gasteiger partial charge is 0.328 e. The lowest BCUT2D eigenvalue weighted by Gasteiger charge is -2.25. The summed E-state index contributed by atoms with van der Waals surface area (Å²) in [5.41, 5.74) is 2.75. The number of carbonyl (C=O) groups excluding carboxylic acids is 3. The molecule has 2 amide bonds. The van der Waals surface area contributed by atoms with Crippen LogP contribution in [0, 0.1) is 11.8 Å². The highest BCUT2D eigenvalue weighted by atomic mass is 16.5. The van der Waals surface area contributed by atoms with Gasteiger partial charge in [-0.1, -0.05) is 33.8 Å². The number of carbonyl (C=O) groups is 3. The molecule has 0 saturated heterocycles. The van der Waals surface area contributed by atoms with Crippen molar-refractivity contribution in [2.45, 2.75) is 72.0 Å². The lowest BCUT2D eigenvalue weighted by atomic mass is 9.95. The normalized spacial score (nSPS) is 15.2. The Balaban J connectivity index is 2.20. The monoisotopic (exact) mass is 611 g/mol. The maximum atomic E-state index is 13.8. The second kappa shape index (κ2) is 14.9. The highest BCUT2D eigenvalue weighted by molar-refractivity contribution is 5.89. The first-order valence-corrected chi connectivity index (χ1v) is 14.8. The zero-order valence-electron chi connectivity index (χ0n) is 27.1. The fourth-order valence-corrected chi connectivity index (χ4v) is 5.60. The second-order valence-corrected chi connectivity index (χ2v) is 11.7. The molecule has 44 heavy (non-hydrogen) atoms. The molecule has 0 unspecified atom stereocenters. The van der Waals surface area contributed by atoms with Crippen molar-refractivity contribution in [2.24, 2.45) is 11.8 Å². The SMILES string of the molecule is COC(=O)[C@@H](NC(=O)[C@H](CC(C)C)Nc1ccc2c(cc1=O)[C@@H](NC(C)=O)CCc1cc(OC)c(OC)c(OC)c1-2)C(C)C. The molecule has 11 heteroatoms. The van der Waals surface area contributed by atoms with Crippen molar-refractivity contribution in [3.05, 3.63) is 45.6 Å². The number of hydrogen-bond acceptors (Lipinski definition) is 9. The highest BCUT2D eigenvalue weighted by Gasteiger charge is 2.31. The van der Waals surface area contributed by atoms with E-state index in [9.17, 15) is 19.2 Å². The first kappa shape index (κ1) is 34.2. The minimum absolute atomic E-state index is 0.0980. The topological polar surface area (TPSA) is 141 Å². The Bertz CT molecular complexity index is 1440. The van der Waals surface area contributed by atoms with Crippen LogP contribution in [0.5, 0.6) is 17.2 Å². The lowest BCUT2D eigenvalue weighted by Crippen LogP contribution is -2.51. The van der Waals surface area contributed by atoms with Gasteiger partial charge in [0.25, 0.3) is 0 Å². The van der Waals surface area contributed by atoms with E-state index in [4.69, 9.17) is 18.9 Å². The van der Waals surface area contributed by atoms with Gasteiger partial charge in [0.2, 0.25) is 23.0 Å². The van der Waals surface area contributed by atoms with Gasteiger partial charge in [-0.3, -0.25) is 14.4 Å². The van der Waals surface area contributed by atoms with Gasteiger partial charge in [-0.25, -0.2) is 4.79 Å². The molecule has 2 aromatic rings. The van der Waals surface area contributed by atoms with E-state index in [2.05, 4.69) is 16.0 Å². The maximum Gasteiger partial charge on any atom is 0.328 e. The summed E-state index contributed by atoms with van der Waals surface area (Å²) in [6, 6.07) is 4.70. The third-order valence-corrected chi connectivity index (χ3v) is 7.69. The van der Waals surface area contributed by atoms with E-state index in [0.29, 0.717) is 47.6 Å². The third kappa shape index (κ3) is 7.62. The molecule has 3 N–H and O–H groups in total. The van der Waals surface area contributed by atoms with E-state index < -0.39 is 30.0 Å². The number of aryl methyl sites for hydroxylation is 1. The average Bonchev–Trinajstić information content (AvgIpc) is 3.21. The molecule has 0 fully saturated rings. The minimum Gasteiger partial charge on any atom is -0.493 e. The molecule has 240 valence electrons. The van der Waals surface area contributed by atoms with Gasteiger partial charge in [0.1, 0.15) is 12.1 Å². The first-order valence-electron chi connectivity index (χ1n) is 14.8. The van der Waals surface area contributed by atoms with Crippen molar-refractivity contribution < 1.29 is 33.3 Å².